The summed E-state index contributed by atoms with van der Waals surface area (Å²) in [6.45, 7) is 3.50. The van der Waals surface area contributed by atoms with Crippen molar-refractivity contribution in [1.29, 1.82) is 0 Å². The van der Waals surface area contributed by atoms with E-state index in [2.05, 4.69) is 17.1 Å². The van der Waals surface area contributed by atoms with Crippen molar-refractivity contribution in [3.63, 3.8) is 0 Å². The van der Waals surface area contributed by atoms with Crippen molar-refractivity contribution in [2.45, 2.75) is 26.4 Å². The number of aryl methyl sites for hydroxylation is 1. The Labute approximate surface area is 171 Å². The van der Waals surface area contributed by atoms with Gasteiger partial charge in [0.05, 0.1) is 0 Å². The number of hydrogen-bond donors (Lipinski definition) is 4. The van der Waals surface area contributed by atoms with Crippen molar-refractivity contribution in [1.82, 2.24) is 4.98 Å². The summed E-state index contributed by atoms with van der Waals surface area (Å²) in [5, 5.41) is 8.44. The van der Waals surface area contributed by atoms with Crippen molar-refractivity contribution in [3.05, 3.63) is 89.1 Å². The van der Waals surface area contributed by atoms with Gasteiger partial charge in [0, 0.05) is 25.3 Å². The van der Waals surface area contributed by atoms with Gasteiger partial charge in [-0.25, -0.2) is 4.79 Å². The van der Waals surface area contributed by atoms with Crippen LogP contribution >= 0.6 is 0 Å². The first-order valence-electron chi connectivity index (χ1n) is 9.30. The predicted octanol–water partition coefficient (Wildman–Crippen LogP) is 0.268. The second kappa shape index (κ2) is 8.34. The number of nitrogen functional groups attached to an aromatic ring is 1. The highest BCUT2D eigenvalue weighted by Crippen LogP contribution is 2.26. The van der Waals surface area contributed by atoms with Crippen molar-refractivity contribution in [3.8, 4) is 0 Å². The summed E-state index contributed by atoms with van der Waals surface area (Å²) >= 11 is 0. The molecule has 1 aromatic heterocycles. The molecule has 0 bridgehead atoms. The number of pyridine rings is 1. The monoisotopic (exact) mass is 410 g/mol. The number of anilines is 2. The van der Waals surface area contributed by atoms with Crippen LogP contribution in [0.1, 0.15) is 32.7 Å². The quantitative estimate of drug-likeness (QED) is 0.448. The maximum absolute atomic E-state index is 11.6. The van der Waals surface area contributed by atoms with Crippen LogP contribution in [0.5, 0.6) is 0 Å². The van der Waals surface area contributed by atoms with E-state index in [4.69, 9.17) is 16.6 Å². The third-order valence-corrected chi connectivity index (χ3v) is 5.04. The number of H-pyrrole nitrogens is 1. The van der Waals surface area contributed by atoms with Crippen LogP contribution in [-0.2, 0) is 19.5 Å². The molecule has 0 saturated carbocycles. The minimum Gasteiger partial charge on any atom is -0.477 e. The molecule has 0 saturated heterocycles. The number of benzene rings is 1. The van der Waals surface area contributed by atoms with Crippen LogP contribution in [0.4, 0.5) is 11.4 Å². The summed E-state index contributed by atoms with van der Waals surface area (Å²) in [6, 6.07) is 9.01. The summed E-state index contributed by atoms with van der Waals surface area (Å²) in [5.74, 6) is -1.20. The molecule has 0 fully saturated rings. The molecule has 2 aromatic carbocycles. The molecule has 1 aliphatic heterocycles. The maximum Gasteiger partial charge on any atom is 0.341 e. The number of carboxylic acid groups (broad SMARTS) is 1. The van der Waals surface area contributed by atoms with Gasteiger partial charge in [0.1, 0.15) is 16.9 Å². The highest BCUT2D eigenvalue weighted by Gasteiger charge is 2.26. The van der Waals surface area contributed by atoms with E-state index in [1.807, 2.05) is 11.0 Å². The number of fused-ring (bicyclic) bond motifs is 1. The van der Waals surface area contributed by atoms with Crippen molar-refractivity contribution < 1.29 is 9.90 Å². The van der Waals surface area contributed by atoms with Gasteiger partial charge in [0.15, 0.2) is 0 Å². The van der Waals surface area contributed by atoms with E-state index >= 15 is 0 Å². The van der Waals surface area contributed by atoms with Crippen LogP contribution in [0, 0.1) is 6.92 Å². The number of nitrogens with zero attached hydrogens (tertiary/aromatic N) is 1. The first-order valence-corrected chi connectivity index (χ1v) is 9.30. The van der Waals surface area contributed by atoms with E-state index in [0.29, 0.717) is 31.0 Å². The van der Waals surface area contributed by atoms with Crippen LogP contribution in [0.2, 0.25) is 0 Å². The van der Waals surface area contributed by atoms with Gasteiger partial charge >= 0.3 is 5.97 Å². The second-order valence-electron chi connectivity index (χ2n) is 7.09. The summed E-state index contributed by atoms with van der Waals surface area (Å²) in [5.41, 5.74) is 14.1. The van der Waals surface area contributed by atoms with E-state index in [1.54, 1.807) is 13.0 Å². The zero-order valence-electron chi connectivity index (χ0n) is 16.4. The van der Waals surface area contributed by atoms with E-state index in [9.17, 15) is 19.2 Å². The number of nitrogens with two attached hydrogens (primary N) is 2. The molecule has 6 N–H and O–H groups in total. The van der Waals surface area contributed by atoms with Crippen molar-refractivity contribution in [2.75, 3.05) is 17.2 Å². The molecule has 0 unspecified atom stereocenters. The maximum atomic E-state index is 11.6. The number of carboxylic acids is 1. The van der Waals surface area contributed by atoms with E-state index in [1.165, 1.54) is 11.6 Å². The number of aromatic nitrogens is 1. The Bertz CT molecular complexity index is 1240. The lowest BCUT2D eigenvalue weighted by Gasteiger charge is -2.31. The number of hydrogen-bond acceptors (Lipinski definition) is 7. The van der Waals surface area contributed by atoms with E-state index < -0.39 is 22.4 Å². The predicted molar refractivity (Wildman–Crippen MR) is 114 cm³/mol. The number of aromatic amines is 1. The molecule has 0 atom stereocenters. The molecule has 9 nitrogen and oxygen atoms in total. The minimum atomic E-state index is -1.20. The summed E-state index contributed by atoms with van der Waals surface area (Å²) in [6.07, 6.45) is 0.846. The molecule has 30 heavy (non-hydrogen) atoms. The SMILES string of the molecule is Cc1ccc(C(=O)O)c(=O)[nH]1.NCc1ccc2c(c1)CN(c1c(N)c(=O)c1=O)CC2. The summed E-state index contributed by atoms with van der Waals surface area (Å²) in [4.78, 5) is 48.2. The molecular weight excluding hydrogens is 388 g/mol. The average molecular weight is 410 g/mol. The lowest BCUT2D eigenvalue weighted by molar-refractivity contribution is 0.0695. The van der Waals surface area contributed by atoms with Gasteiger partial charge in [-0.3, -0.25) is 14.4 Å². The number of rotatable bonds is 3. The fraction of sp³-hybridized carbons (Fsp3) is 0.238. The van der Waals surface area contributed by atoms with Crippen LogP contribution in [0.15, 0.2) is 44.7 Å². The van der Waals surface area contributed by atoms with Gasteiger partial charge in [-0.1, -0.05) is 18.2 Å². The summed E-state index contributed by atoms with van der Waals surface area (Å²) in [7, 11) is 0. The standard InChI is InChI=1S/C14H15N3O2.C7H7NO3/c15-6-8-1-2-9-3-4-17(7-10(9)5-8)12-11(16)13(18)14(12)19;1-4-2-3-5(7(10)11)6(9)8-4/h1-2,5H,3-4,6-7,15-16H2;2-3H,1H3,(H,8,9)(H,10,11). The first kappa shape index (κ1) is 21.0. The summed E-state index contributed by atoms with van der Waals surface area (Å²) < 4.78 is 0. The highest BCUT2D eigenvalue weighted by atomic mass is 16.4. The van der Waals surface area contributed by atoms with Gasteiger partial charge < -0.3 is 26.5 Å². The Hall–Kier alpha value is -3.72. The fourth-order valence-corrected chi connectivity index (χ4v) is 3.38. The van der Waals surface area contributed by atoms with Gasteiger partial charge in [0.25, 0.3) is 16.4 Å². The lowest BCUT2D eigenvalue weighted by atomic mass is 9.96. The Morgan fingerprint density at radius 1 is 1.13 bits per heavy atom. The average Bonchev–Trinajstić information content (AvgIpc) is 2.73. The number of nitrogens with one attached hydrogen (secondary N) is 1. The van der Waals surface area contributed by atoms with Crippen LogP contribution in [-0.4, -0.2) is 22.6 Å². The highest BCUT2D eigenvalue weighted by molar-refractivity contribution is 5.86. The molecule has 0 aliphatic carbocycles. The Kier molecular flexibility index (Phi) is 5.84. The third kappa shape index (κ3) is 4.01. The molecule has 156 valence electrons. The van der Waals surface area contributed by atoms with Crippen molar-refractivity contribution >= 4 is 17.3 Å². The first-order chi connectivity index (χ1) is 14.2. The Morgan fingerprint density at radius 2 is 1.87 bits per heavy atom. The van der Waals surface area contributed by atoms with E-state index in [0.717, 1.165) is 17.5 Å². The number of carbonyl (C=O) groups is 1. The molecule has 1 aliphatic rings. The molecule has 0 amide bonds. The molecular formula is C21H22N4O5. The Morgan fingerprint density at radius 3 is 2.47 bits per heavy atom. The van der Waals surface area contributed by atoms with Gasteiger partial charge in [0.2, 0.25) is 0 Å². The van der Waals surface area contributed by atoms with Gasteiger partial charge in [-0.15, -0.1) is 0 Å². The molecule has 3 aromatic rings. The fourth-order valence-electron chi connectivity index (χ4n) is 3.38. The smallest absolute Gasteiger partial charge is 0.341 e. The third-order valence-electron chi connectivity index (χ3n) is 5.04. The van der Waals surface area contributed by atoms with Crippen molar-refractivity contribution in [2.24, 2.45) is 5.73 Å². The van der Waals surface area contributed by atoms with Gasteiger partial charge in [-0.2, -0.15) is 0 Å². The molecule has 9 heteroatoms. The molecule has 4 rings (SSSR count). The molecule has 0 spiro atoms. The van der Waals surface area contributed by atoms with Gasteiger partial charge in [-0.05, 0) is 42.2 Å². The molecule has 2 heterocycles. The van der Waals surface area contributed by atoms with Crippen LogP contribution in [0.25, 0.3) is 0 Å². The van der Waals surface area contributed by atoms with E-state index in [-0.39, 0.29) is 11.3 Å². The minimum absolute atomic E-state index is 0.100. The second-order valence-corrected chi connectivity index (χ2v) is 7.09. The lowest BCUT2D eigenvalue weighted by Crippen LogP contribution is -2.44. The van der Waals surface area contributed by atoms with Crippen LogP contribution in [0.3, 0.4) is 0 Å². The van der Waals surface area contributed by atoms with Crippen LogP contribution < -0.4 is 32.8 Å². The zero-order chi connectivity index (χ0) is 22.0. The Balaban J connectivity index is 0.000000199. The molecule has 0 radical (unpaired) electrons. The normalized spacial score (nSPS) is 12.8. The number of aromatic carboxylic acids is 1. The largest absolute Gasteiger partial charge is 0.477 e. The topological polar surface area (TPSA) is 160 Å². The zero-order valence-corrected chi connectivity index (χ0v) is 16.4.